The number of rotatable bonds is 2. The smallest absolute Gasteiger partial charge is 0.139 e. The van der Waals surface area contributed by atoms with Crippen LogP contribution < -0.4 is 5.32 Å². The van der Waals surface area contributed by atoms with Gasteiger partial charge in [0.15, 0.2) is 0 Å². The van der Waals surface area contributed by atoms with Crippen molar-refractivity contribution < 1.29 is 0 Å². The number of benzene rings is 1. The summed E-state index contributed by atoms with van der Waals surface area (Å²) in [5.41, 5.74) is 5.52. The van der Waals surface area contributed by atoms with Gasteiger partial charge < -0.3 is 5.32 Å². The summed E-state index contributed by atoms with van der Waals surface area (Å²) in [6, 6.07) is 14.7. The van der Waals surface area contributed by atoms with E-state index in [2.05, 4.69) is 86.8 Å². The Morgan fingerprint density at radius 2 is 1.73 bits per heavy atom. The number of aryl methyl sites for hydroxylation is 2. The highest BCUT2D eigenvalue weighted by molar-refractivity contribution is 5.77. The van der Waals surface area contributed by atoms with Crippen LogP contribution in [0, 0.1) is 13.8 Å². The summed E-state index contributed by atoms with van der Waals surface area (Å²) in [5, 5.41) is 3.63. The Kier molecular flexibility index (Phi) is 3.44. The zero-order chi connectivity index (χ0) is 15.9. The molecule has 0 atom stereocenters. The Morgan fingerprint density at radius 3 is 2.41 bits per heavy atom. The maximum atomic E-state index is 4.87. The average molecular weight is 293 g/mol. The maximum absolute atomic E-state index is 4.87. The van der Waals surface area contributed by atoms with E-state index in [0.717, 1.165) is 22.7 Å². The zero-order valence-corrected chi connectivity index (χ0v) is 13.9. The second-order valence-electron chi connectivity index (χ2n) is 6.91. The standard InChI is InChI=1S/C19H23N3/c1-13-8-6-10-15(12-13)17-18(21-19(3,4)5)22-14(2)9-7-11-16(22)20-17/h6-12,21H,1-5H3. The minimum Gasteiger partial charge on any atom is -0.365 e. The van der Waals surface area contributed by atoms with Gasteiger partial charge >= 0.3 is 0 Å². The van der Waals surface area contributed by atoms with Crippen molar-refractivity contribution in [2.45, 2.75) is 40.2 Å². The predicted molar refractivity (Wildman–Crippen MR) is 93.5 cm³/mol. The molecule has 3 nitrogen and oxygen atoms in total. The quantitative estimate of drug-likeness (QED) is 0.733. The van der Waals surface area contributed by atoms with Gasteiger partial charge in [0.25, 0.3) is 0 Å². The molecule has 0 bridgehead atoms. The monoisotopic (exact) mass is 293 g/mol. The van der Waals surface area contributed by atoms with Crippen LogP contribution in [0.4, 0.5) is 5.82 Å². The lowest BCUT2D eigenvalue weighted by Gasteiger charge is -2.23. The number of fused-ring (bicyclic) bond motifs is 1. The number of aromatic nitrogens is 2. The third kappa shape index (κ3) is 2.71. The summed E-state index contributed by atoms with van der Waals surface area (Å²) in [4.78, 5) is 4.87. The van der Waals surface area contributed by atoms with Gasteiger partial charge in [0.05, 0.1) is 0 Å². The molecular weight excluding hydrogens is 270 g/mol. The van der Waals surface area contributed by atoms with Crippen molar-refractivity contribution in [3.8, 4) is 11.3 Å². The highest BCUT2D eigenvalue weighted by Gasteiger charge is 2.19. The molecule has 0 aliphatic rings. The average Bonchev–Trinajstić information content (AvgIpc) is 2.77. The fraction of sp³-hybridized carbons (Fsp3) is 0.316. The molecule has 3 aromatic rings. The summed E-state index contributed by atoms with van der Waals surface area (Å²) >= 11 is 0. The molecule has 0 aliphatic heterocycles. The molecule has 2 aromatic heterocycles. The van der Waals surface area contributed by atoms with E-state index in [9.17, 15) is 0 Å². The summed E-state index contributed by atoms with van der Waals surface area (Å²) in [7, 11) is 0. The third-order valence-corrected chi connectivity index (χ3v) is 3.62. The summed E-state index contributed by atoms with van der Waals surface area (Å²) in [6.45, 7) is 10.7. The van der Waals surface area contributed by atoms with Crippen LogP contribution in [0.5, 0.6) is 0 Å². The number of imidazole rings is 1. The molecule has 3 heteroatoms. The molecule has 0 unspecified atom stereocenters. The molecule has 3 rings (SSSR count). The first-order valence-electron chi connectivity index (χ1n) is 7.68. The first-order chi connectivity index (χ1) is 10.3. The van der Waals surface area contributed by atoms with Gasteiger partial charge in [0.1, 0.15) is 17.2 Å². The van der Waals surface area contributed by atoms with Crippen LogP contribution in [0.2, 0.25) is 0 Å². The molecule has 0 aliphatic carbocycles. The van der Waals surface area contributed by atoms with E-state index in [4.69, 9.17) is 4.98 Å². The number of nitrogens with one attached hydrogen (secondary N) is 1. The summed E-state index contributed by atoms with van der Waals surface area (Å²) < 4.78 is 2.20. The molecule has 0 fully saturated rings. The number of hydrogen-bond donors (Lipinski definition) is 1. The van der Waals surface area contributed by atoms with E-state index < -0.39 is 0 Å². The molecular formula is C19H23N3. The molecule has 0 radical (unpaired) electrons. The first kappa shape index (κ1) is 14.6. The van der Waals surface area contributed by atoms with Crippen LogP contribution >= 0.6 is 0 Å². The minimum atomic E-state index is -0.0309. The topological polar surface area (TPSA) is 29.3 Å². The molecule has 1 N–H and O–H groups in total. The lowest BCUT2D eigenvalue weighted by molar-refractivity contribution is 0.629. The van der Waals surface area contributed by atoms with Crippen LogP contribution in [-0.4, -0.2) is 14.9 Å². The van der Waals surface area contributed by atoms with Gasteiger partial charge in [-0.1, -0.05) is 29.8 Å². The van der Waals surface area contributed by atoms with Crippen LogP contribution in [0.1, 0.15) is 32.0 Å². The lowest BCUT2D eigenvalue weighted by Crippen LogP contribution is -2.27. The number of anilines is 1. The van der Waals surface area contributed by atoms with Crippen LogP contribution in [0.25, 0.3) is 16.9 Å². The normalized spacial score (nSPS) is 11.9. The largest absolute Gasteiger partial charge is 0.365 e. The highest BCUT2D eigenvalue weighted by Crippen LogP contribution is 2.32. The first-order valence-corrected chi connectivity index (χ1v) is 7.68. The van der Waals surface area contributed by atoms with E-state index in [1.165, 1.54) is 11.3 Å². The second kappa shape index (κ2) is 5.16. The van der Waals surface area contributed by atoms with E-state index >= 15 is 0 Å². The van der Waals surface area contributed by atoms with Gasteiger partial charge in [-0.2, -0.15) is 0 Å². The van der Waals surface area contributed by atoms with Gasteiger partial charge in [-0.15, -0.1) is 0 Å². The SMILES string of the molecule is Cc1cccc(-c2nc3cccc(C)n3c2NC(C)(C)C)c1. The van der Waals surface area contributed by atoms with Crippen LogP contribution in [-0.2, 0) is 0 Å². The Labute approximate surface area is 132 Å². The lowest BCUT2D eigenvalue weighted by atomic mass is 10.1. The highest BCUT2D eigenvalue weighted by atomic mass is 15.2. The maximum Gasteiger partial charge on any atom is 0.139 e. The summed E-state index contributed by atoms with van der Waals surface area (Å²) in [6.07, 6.45) is 0. The van der Waals surface area contributed by atoms with Crippen LogP contribution in [0.15, 0.2) is 42.5 Å². The molecule has 1 aromatic carbocycles. The van der Waals surface area contributed by atoms with E-state index in [0.29, 0.717) is 0 Å². The van der Waals surface area contributed by atoms with Crippen molar-refractivity contribution in [3.63, 3.8) is 0 Å². The predicted octanol–water partition coefficient (Wildman–Crippen LogP) is 4.83. The van der Waals surface area contributed by atoms with Crippen molar-refractivity contribution >= 4 is 11.5 Å². The van der Waals surface area contributed by atoms with Gasteiger partial charge in [0.2, 0.25) is 0 Å². The number of hydrogen-bond acceptors (Lipinski definition) is 2. The molecule has 0 saturated carbocycles. The molecule has 0 amide bonds. The number of pyridine rings is 1. The molecule has 0 saturated heterocycles. The van der Waals surface area contributed by atoms with Crippen molar-refractivity contribution in [1.82, 2.24) is 9.38 Å². The van der Waals surface area contributed by atoms with Gasteiger partial charge in [0, 0.05) is 16.8 Å². The molecule has 114 valence electrons. The van der Waals surface area contributed by atoms with Gasteiger partial charge in [-0.3, -0.25) is 4.40 Å². The van der Waals surface area contributed by atoms with Crippen molar-refractivity contribution in [3.05, 3.63) is 53.7 Å². The van der Waals surface area contributed by atoms with E-state index in [1.54, 1.807) is 0 Å². The third-order valence-electron chi connectivity index (χ3n) is 3.62. The Bertz CT molecular complexity index is 822. The number of nitrogens with zero attached hydrogens (tertiary/aromatic N) is 2. The zero-order valence-electron chi connectivity index (χ0n) is 13.9. The van der Waals surface area contributed by atoms with E-state index in [1.807, 2.05) is 0 Å². The Morgan fingerprint density at radius 1 is 1.00 bits per heavy atom. The van der Waals surface area contributed by atoms with E-state index in [-0.39, 0.29) is 5.54 Å². The van der Waals surface area contributed by atoms with Gasteiger partial charge in [-0.25, -0.2) is 4.98 Å². The molecule has 22 heavy (non-hydrogen) atoms. The van der Waals surface area contributed by atoms with Crippen molar-refractivity contribution in [1.29, 1.82) is 0 Å². The second-order valence-corrected chi connectivity index (χ2v) is 6.91. The fourth-order valence-electron chi connectivity index (χ4n) is 2.72. The molecule has 2 heterocycles. The Hall–Kier alpha value is -2.29. The van der Waals surface area contributed by atoms with Crippen molar-refractivity contribution in [2.75, 3.05) is 5.32 Å². The van der Waals surface area contributed by atoms with Crippen LogP contribution in [0.3, 0.4) is 0 Å². The Balaban J connectivity index is 2.29. The van der Waals surface area contributed by atoms with Crippen molar-refractivity contribution in [2.24, 2.45) is 0 Å². The fourth-order valence-corrected chi connectivity index (χ4v) is 2.72. The summed E-state index contributed by atoms with van der Waals surface area (Å²) in [5.74, 6) is 1.06. The minimum absolute atomic E-state index is 0.0309. The van der Waals surface area contributed by atoms with Gasteiger partial charge in [-0.05, 0) is 52.8 Å². The molecule has 0 spiro atoms.